The molecule has 0 aliphatic carbocycles. The van der Waals surface area contributed by atoms with E-state index in [9.17, 15) is 9.59 Å². The molecule has 0 heterocycles. The number of ether oxygens (including phenoxy) is 2. The normalized spacial score (nSPS) is 9.55. The first-order chi connectivity index (χ1) is 10.5. The van der Waals surface area contributed by atoms with Gasteiger partial charge in [0.25, 0.3) is 0 Å². The molecule has 6 nitrogen and oxygen atoms in total. The van der Waals surface area contributed by atoms with Crippen molar-refractivity contribution in [3.63, 3.8) is 0 Å². The Labute approximate surface area is 139 Å². The largest absolute Gasteiger partial charge is 0.469 e. The summed E-state index contributed by atoms with van der Waals surface area (Å²) in [5, 5.41) is 5.88. The monoisotopic (exact) mass is 340 g/mol. The summed E-state index contributed by atoms with van der Waals surface area (Å²) in [5.41, 5.74) is 1.28. The molecule has 22 heavy (non-hydrogen) atoms. The molecule has 1 rings (SSSR count). The quantitative estimate of drug-likeness (QED) is 0.603. The summed E-state index contributed by atoms with van der Waals surface area (Å²) in [6.45, 7) is 0. The van der Waals surface area contributed by atoms with E-state index in [1.807, 2.05) is 0 Å². The number of thiocarbonyl (C=S) groups is 2. The smallest absolute Gasteiger partial charge is 0.312 e. The molecule has 0 aromatic heterocycles. The van der Waals surface area contributed by atoms with Crippen LogP contribution in [0.15, 0.2) is 24.3 Å². The summed E-state index contributed by atoms with van der Waals surface area (Å²) in [7, 11) is 2.59. The van der Waals surface area contributed by atoms with Crippen LogP contribution in [0.1, 0.15) is 12.8 Å². The van der Waals surface area contributed by atoms with Gasteiger partial charge in [0.2, 0.25) is 0 Å². The highest BCUT2D eigenvalue weighted by atomic mass is 32.1. The van der Waals surface area contributed by atoms with E-state index in [1.54, 1.807) is 24.3 Å². The SMILES string of the molecule is COC(=O)CC(=S)Nc1ccccc1NC(=S)CC(=O)OC. The minimum Gasteiger partial charge on any atom is -0.469 e. The van der Waals surface area contributed by atoms with Gasteiger partial charge in [-0.2, -0.15) is 0 Å². The molecule has 1 aromatic carbocycles. The van der Waals surface area contributed by atoms with Crippen molar-refractivity contribution in [3.8, 4) is 0 Å². The van der Waals surface area contributed by atoms with Crippen LogP contribution in [0.5, 0.6) is 0 Å². The van der Waals surface area contributed by atoms with Crippen molar-refractivity contribution >= 4 is 57.7 Å². The van der Waals surface area contributed by atoms with Crippen LogP contribution in [0.3, 0.4) is 0 Å². The van der Waals surface area contributed by atoms with Crippen molar-refractivity contribution < 1.29 is 19.1 Å². The van der Waals surface area contributed by atoms with E-state index in [4.69, 9.17) is 24.4 Å². The van der Waals surface area contributed by atoms with Crippen molar-refractivity contribution in [2.75, 3.05) is 24.9 Å². The third-order valence-corrected chi connectivity index (χ3v) is 3.03. The Morgan fingerprint density at radius 3 is 1.59 bits per heavy atom. The zero-order valence-corrected chi connectivity index (χ0v) is 13.8. The number of rotatable bonds is 6. The first-order valence-corrected chi connectivity index (χ1v) is 7.10. The lowest BCUT2D eigenvalue weighted by molar-refractivity contribution is -0.140. The standard InChI is InChI=1S/C14H16N2O4S2/c1-19-13(17)7-11(21)15-9-5-3-4-6-10(9)16-12(22)8-14(18)20-2/h3-6H,7-8H2,1-2H3,(H,15,21)(H,16,22). The summed E-state index contributed by atoms with van der Waals surface area (Å²) in [5.74, 6) is -0.853. The van der Waals surface area contributed by atoms with Gasteiger partial charge in [0.15, 0.2) is 0 Å². The van der Waals surface area contributed by atoms with Gasteiger partial charge < -0.3 is 20.1 Å². The Kier molecular flexibility index (Phi) is 7.41. The fourth-order valence-electron chi connectivity index (χ4n) is 1.50. The fourth-order valence-corrected chi connectivity index (χ4v) is 1.95. The minimum absolute atomic E-state index is 0.0211. The van der Waals surface area contributed by atoms with Gasteiger partial charge in [-0.1, -0.05) is 36.6 Å². The molecule has 0 fully saturated rings. The molecule has 118 valence electrons. The third kappa shape index (κ3) is 6.15. The number of nitrogens with one attached hydrogen (secondary N) is 2. The Hall–Kier alpha value is -2.06. The number of hydrogen-bond donors (Lipinski definition) is 2. The van der Waals surface area contributed by atoms with Crippen molar-refractivity contribution in [2.24, 2.45) is 0 Å². The van der Waals surface area contributed by atoms with Crippen LogP contribution in [0, 0.1) is 0 Å². The van der Waals surface area contributed by atoms with E-state index in [1.165, 1.54) is 14.2 Å². The summed E-state index contributed by atoms with van der Waals surface area (Å²) in [6, 6.07) is 7.15. The highest BCUT2D eigenvalue weighted by Crippen LogP contribution is 2.22. The molecule has 1 aromatic rings. The molecule has 0 saturated carbocycles. The van der Waals surface area contributed by atoms with Crippen molar-refractivity contribution in [3.05, 3.63) is 24.3 Å². The Morgan fingerprint density at radius 1 is 0.909 bits per heavy atom. The summed E-state index contributed by atoms with van der Waals surface area (Å²) >= 11 is 10.2. The number of carbonyl (C=O) groups is 2. The molecular weight excluding hydrogens is 324 g/mol. The minimum atomic E-state index is -0.427. The zero-order valence-electron chi connectivity index (χ0n) is 12.2. The van der Waals surface area contributed by atoms with Gasteiger partial charge in [0.1, 0.15) is 0 Å². The molecular formula is C14H16N2O4S2. The van der Waals surface area contributed by atoms with Crippen LogP contribution in [0.25, 0.3) is 0 Å². The molecule has 0 bridgehead atoms. The van der Waals surface area contributed by atoms with E-state index < -0.39 is 11.9 Å². The second-order valence-electron chi connectivity index (χ2n) is 4.15. The molecule has 0 aliphatic rings. The first kappa shape index (κ1) is 18.0. The highest BCUT2D eigenvalue weighted by molar-refractivity contribution is 7.80. The Bertz CT molecular complexity index is 539. The maximum atomic E-state index is 11.2. The molecule has 0 aliphatic heterocycles. The zero-order chi connectivity index (χ0) is 16.5. The summed E-state index contributed by atoms with van der Waals surface area (Å²) < 4.78 is 9.11. The van der Waals surface area contributed by atoms with Crippen LogP contribution < -0.4 is 10.6 Å². The molecule has 0 unspecified atom stereocenters. The number of esters is 2. The number of benzene rings is 1. The molecule has 0 radical (unpaired) electrons. The van der Waals surface area contributed by atoms with Crippen molar-refractivity contribution in [1.82, 2.24) is 0 Å². The van der Waals surface area contributed by atoms with E-state index in [2.05, 4.69) is 20.1 Å². The highest BCUT2D eigenvalue weighted by Gasteiger charge is 2.11. The van der Waals surface area contributed by atoms with Crippen LogP contribution in [0.2, 0.25) is 0 Å². The summed E-state index contributed by atoms with van der Waals surface area (Å²) in [6.07, 6.45) is -0.0421. The van der Waals surface area contributed by atoms with E-state index >= 15 is 0 Å². The van der Waals surface area contributed by atoms with Crippen LogP contribution in [-0.4, -0.2) is 36.1 Å². The van der Waals surface area contributed by atoms with Crippen molar-refractivity contribution in [2.45, 2.75) is 12.8 Å². The average molecular weight is 340 g/mol. The van der Waals surface area contributed by atoms with E-state index in [0.717, 1.165) is 0 Å². The summed E-state index contributed by atoms with van der Waals surface area (Å²) in [4.78, 5) is 23.0. The lowest BCUT2D eigenvalue weighted by atomic mass is 10.2. The fraction of sp³-hybridized carbons (Fsp3) is 0.286. The molecule has 0 atom stereocenters. The molecule has 2 N–H and O–H groups in total. The van der Waals surface area contributed by atoms with Gasteiger partial charge in [-0.25, -0.2) is 0 Å². The number of hydrogen-bond acceptors (Lipinski definition) is 6. The molecule has 0 spiro atoms. The topological polar surface area (TPSA) is 76.7 Å². The number of carbonyl (C=O) groups excluding carboxylic acids is 2. The van der Waals surface area contributed by atoms with Crippen LogP contribution in [-0.2, 0) is 19.1 Å². The van der Waals surface area contributed by atoms with Gasteiger partial charge in [0, 0.05) is 0 Å². The van der Waals surface area contributed by atoms with Crippen LogP contribution in [0.4, 0.5) is 11.4 Å². The first-order valence-electron chi connectivity index (χ1n) is 6.28. The molecule has 0 saturated heterocycles. The van der Waals surface area contributed by atoms with Gasteiger partial charge in [-0.05, 0) is 12.1 Å². The maximum absolute atomic E-state index is 11.2. The van der Waals surface area contributed by atoms with Crippen LogP contribution >= 0.6 is 24.4 Å². The number of para-hydroxylation sites is 2. The predicted octanol–water partition coefficient (Wildman–Crippen LogP) is 2.29. The lowest BCUT2D eigenvalue weighted by Gasteiger charge is -2.14. The Morgan fingerprint density at radius 2 is 1.27 bits per heavy atom. The van der Waals surface area contributed by atoms with E-state index in [0.29, 0.717) is 21.4 Å². The molecule has 0 amide bonds. The lowest BCUT2D eigenvalue weighted by Crippen LogP contribution is -2.19. The number of anilines is 2. The van der Waals surface area contributed by atoms with Crippen molar-refractivity contribution in [1.29, 1.82) is 0 Å². The van der Waals surface area contributed by atoms with Gasteiger partial charge in [0.05, 0.1) is 48.4 Å². The van der Waals surface area contributed by atoms with E-state index in [-0.39, 0.29) is 12.8 Å². The predicted molar refractivity (Wildman–Crippen MR) is 92.1 cm³/mol. The Balaban J connectivity index is 2.73. The average Bonchev–Trinajstić information content (AvgIpc) is 2.48. The van der Waals surface area contributed by atoms with Gasteiger partial charge >= 0.3 is 11.9 Å². The third-order valence-electron chi connectivity index (χ3n) is 2.54. The molecule has 8 heteroatoms. The maximum Gasteiger partial charge on any atom is 0.312 e. The van der Waals surface area contributed by atoms with Gasteiger partial charge in [-0.15, -0.1) is 0 Å². The number of methoxy groups -OCH3 is 2. The second-order valence-corrected chi connectivity index (χ2v) is 5.13. The van der Waals surface area contributed by atoms with Gasteiger partial charge in [-0.3, -0.25) is 9.59 Å². The second kappa shape index (κ2) is 9.06.